The molecule has 0 amide bonds. The Kier molecular flexibility index (Phi) is 4.20. The molecule has 2 rings (SSSR count). The predicted molar refractivity (Wildman–Crippen MR) is 73.3 cm³/mol. The molecular formula is C14H22N4. The minimum Gasteiger partial charge on any atom is -0.348 e. The quantitative estimate of drug-likeness (QED) is 0.846. The second-order valence-electron chi connectivity index (χ2n) is 5.21. The third-order valence-corrected chi connectivity index (χ3v) is 2.95. The molecule has 0 unspecified atom stereocenters. The van der Waals surface area contributed by atoms with Crippen LogP contribution < -0.4 is 5.32 Å². The Morgan fingerprint density at radius 1 is 1.39 bits per heavy atom. The van der Waals surface area contributed by atoms with E-state index in [2.05, 4.69) is 51.7 Å². The monoisotopic (exact) mass is 246 g/mol. The first kappa shape index (κ1) is 12.9. The molecule has 4 heteroatoms. The maximum Gasteiger partial charge on any atom is 0.0946 e. The largest absolute Gasteiger partial charge is 0.348 e. The van der Waals surface area contributed by atoms with Crippen LogP contribution in [0.1, 0.15) is 25.1 Å². The van der Waals surface area contributed by atoms with Gasteiger partial charge >= 0.3 is 0 Å². The number of imidazole rings is 1. The molecule has 0 saturated heterocycles. The highest BCUT2D eigenvalue weighted by molar-refractivity contribution is 5.12. The highest BCUT2D eigenvalue weighted by atomic mass is 15.1. The van der Waals surface area contributed by atoms with Gasteiger partial charge in [0.05, 0.1) is 18.6 Å². The van der Waals surface area contributed by atoms with Crippen LogP contribution >= 0.6 is 0 Å². The lowest BCUT2D eigenvalue weighted by atomic mass is 10.2. The summed E-state index contributed by atoms with van der Waals surface area (Å²) in [5, 5.41) is 3.45. The fraction of sp³-hybridized carbons (Fsp3) is 0.500. The molecule has 2 heterocycles. The average Bonchev–Trinajstić information content (AvgIpc) is 2.90. The molecule has 0 atom stereocenters. The fourth-order valence-electron chi connectivity index (χ4n) is 1.92. The van der Waals surface area contributed by atoms with Crippen molar-refractivity contribution in [2.45, 2.75) is 26.9 Å². The molecule has 0 radical (unpaired) electrons. The standard InChI is InChI=1S/C14H22N4/c1-12(2)6-15-7-13-4-5-18(9-13)10-14-8-16-11-17(14)3/h4-5,8-9,11-12,15H,6-7,10H2,1-3H3. The van der Waals surface area contributed by atoms with E-state index in [1.807, 2.05) is 19.6 Å². The molecule has 4 nitrogen and oxygen atoms in total. The summed E-state index contributed by atoms with van der Waals surface area (Å²) in [4.78, 5) is 4.13. The van der Waals surface area contributed by atoms with Crippen LogP contribution in [0.25, 0.3) is 0 Å². The summed E-state index contributed by atoms with van der Waals surface area (Å²) in [6, 6.07) is 2.17. The van der Waals surface area contributed by atoms with E-state index in [4.69, 9.17) is 0 Å². The Morgan fingerprint density at radius 3 is 2.89 bits per heavy atom. The zero-order valence-corrected chi connectivity index (χ0v) is 11.4. The summed E-state index contributed by atoms with van der Waals surface area (Å²) >= 11 is 0. The van der Waals surface area contributed by atoms with Crippen LogP contribution in [0.5, 0.6) is 0 Å². The van der Waals surface area contributed by atoms with Crippen LogP contribution in [0.15, 0.2) is 31.0 Å². The number of aryl methyl sites for hydroxylation is 1. The van der Waals surface area contributed by atoms with Gasteiger partial charge in [-0.1, -0.05) is 13.8 Å². The van der Waals surface area contributed by atoms with E-state index in [0.717, 1.165) is 19.6 Å². The normalized spacial score (nSPS) is 11.3. The van der Waals surface area contributed by atoms with E-state index in [9.17, 15) is 0 Å². The highest BCUT2D eigenvalue weighted by Crippen LogP contribution is 2.05. The van der Waals surface area contributed by atoms with Crippen LogP contribution in [0, 0.1) is 5.92 Å². The Hall–Kier alpha value is -1.55. The van der Waals surface area contributed by atoms with E-state index in [1.54, 1.807) is 0 Å². The van der Waals surface area contributed by atoms with Gasteiger partial charge < -0.3 is 14.5 Å². The lowest BCUT2D eigenvalue weighted by Crippen LogP contribution is -2.18. The average molecular weight is 246 g/mol. The van der Waals surface area contributed by atoms with E-state index < -0.39 is 0 Å². The Balaban J connectivity index is 1.88. The van der Waals surface area contributed by atoms with Crippen LogP contribution in [-0.4, -0.2) is 20.7 Å². The number of rotatable bonds is 6. The summed E-state index contributed by atoms with van der Waals surface area (Å²) < 4.78 is 4.25. The second-order valence-corrected chi connectivity index (χ2v) is 5.21. The van der Waals surface area contributed by atoms with Crippen molar-refractivity contribution in [3.05, 3.63) is 42.2 Å². The zero-order valence-electron chi connectivity index (χ0n) is 11.4. The van der Waals surface area contributed by atoms with Gasteiger partial charge in [-0.05, 0) is 24.1 Å². The van der Waals surface area contributed by atoms with Crippen LogP contribution in [0.2, 0.25) is 0 Å². The third kappa shape index (κ3) is 3.47. The molecule has 1 N–H and O–H groups in total. The first-order valence-electron chi connectivity index (χ1n) is 6.45. The topological polar surface area (TPSA) is 34.8 Å². The van der Waals surface area contributed by atoms with Crippen molar-refractivity contribution in [1.82, 2.24) is 19.4 Å². The summed E-state index contributed by atoms with van der Waals surface area (Å²) in [5.74, 6) is 0.696. The number of nitrogens with one attached hydrogen (secondary N) is 1. The molecule has 0 aliphatic heterocycles. The molecule has 18 heavy (non-hydrogen) atoms. The van der Waals surface area contributed by atoms with Crippen molar-refractivity contribution in [2.75, 3.05) is 6.54 Å². The number of nitrogens with zero attached hydrogens (tertiary/aromatic N) is 3. The number of hydrogen-bond donors (Lipinski definition) is 1. The van der Waals surface area contributed by atoms with Gasteiger partial charge in [0, 0.05) is 32.2 Å². The highest BCUT2D eigenvalue weighted by Gasteiger charge is 2.01. The van der Waals surface area contributed by atoms with Gasteiger partial charge in [-0.15, -0.1) is 0 Å². The molecule has 2 aromatic heterocycles. The molecule has 0 spiro atoms. The lowest BCUT2D eigenvalue weighted by Gasteiger charge is -2.06. The summed E-state index contributed by atoms with van der Waals surface area (Å²) in [7, 11) is 2.02. The Bertz CT molecular complexity index is 481. The van der Waals surface area contributed by atoms with Gasteiger partial charge in [0.2, 0.25) is 0 Å². The fourth-order valence-corrected chi connectivity index (χ4v) is 1.92. The Morgan fingerprint density at radius 2 is 2.22 bits per heavy atom. The molecule has 0 saturated carbocycles. The van der Waals surface area contributed by atoms with Crippen molar-refractivity contribution >= 4 is 0 Å². The molecule has 0 bridgehead atoms. The van der Waals surface area contributed by atoms with Gasteiger partial charge in [0.1, 0.15) is 0 Å². The molecule has 98 valence electrons. The molecule has 0 aliphatic carbocycles. The van der Waals surface area contributed by atoms with Crippen LogP contribution in [0.3, 0.4) is 0 Å². The van der Waals surface area contributed by atoms with Gasteiger partial charge in [0.15, 0.2) is 0 Å². The lowest BCUT2D eigenvalue weighted by molar-refractivity contribution is 0.552. The first-order chi connectivity index (χ1) is 8.65. The van der Waals surface area contributed by atoms with Crippen molar-refractivity contribution in [1.29, 1.82) is 0 Å². The predicted octanol–water partition coefficient (Wildman–Crippen LogP) is 2.02. The van der Waals surface area contributed by atoms with E-state index in [-0.39, 0.29) is 0 Å². The van der Waals surface area contributed by atoms with Crippen LogP contribution in [0.4, 0.5) is 0 Å². The molecule has 0 aliphatic rings. The third-order valence-electron chi connectivity index (χ3n) is 2.95. The molecule has 2 aromatic rings. The minimum absolute atomic E-state index is 0.696. The van der Waals surface area contributed by atoms with Gasteiger partial charge in [-0.25, -0.2) is 4.98 Å². The van der Waals surface area contributed by atoms with E-state index in [1.165, 1.54) is 11.3 Å². The molecule has 0 aromatic carbocycles. The van der Waals surface area contributed by atoms with E-state index in [0.29, 0.717) is 5.92 Å². The van der Waals surface area contributed by atoms with Crippen molar-refractivity contribution < 1.29 is 0 Å². The van der Waals surface area contributed by atoms with Gasteiger partial charge in [0.25, 0.3) is 0 Å². The number of hydrogen-bond acceptors (Lipinski definition) is 2. The zero-order chi connectivity index (χ0) is 13.0. The summed E-state index contributed by atoms with van der Waals surface area (Å²) in [6.45, 7) is 7.32. The number of aromatic nitrogens is 3. The van der Waals surface area contributed by atoms with Crippen molar-refractivity contribution in [3.63, 3.8) is 0 Å². The maximum atomic E-state index is 4.13. The molecule has 0 fully saturated rings. The Labute approximate surface area is 109 Å². The smallest absolute Gasteiger partial charge is 0.0946 e. The summed E-state index contributed by atoms with van der Waals surface area (Å²) in [5.41, 5.74) is 2.55. The minimum atomic E-state index is 0.696. The second kappa shape index (κ2) is 5.87. The van der Waals surface area contributed by atoms with Crippen LogP contribution in [-0.2, 0) is 20.1 Å². The van der Waals surface area contributed by atoms with Gasteiger partial charge in [-0.2, -0.15) is 0 Å². The summed E-state index contributed by atoms with van der Waals surface area (Å²) in [6.07, 6.45) is 8.07. The van der Waals surface area contributed by atoms with Gasteiger partial charge in [-0.3, -0.25) is 0 Å². The SMILES string of the molecule is CC(C)CNCc1ccn(Cc2cncn2C)c1. The van der Waals surface area contributed by atoms with E-state index >= 15 is 0 Å². The van der Waals surface area contributed by atoms with Crippen molar-refractivity contribution in [2.24, 2.45) is 13.0 Å². The molecular weight excluding hydrogens is 224 g/mol. The first-order valence-corrected chi connectivity index (χ1v) is 6.45. The maximum absolute atomic E-state index is 4.13. The van der Waals surface area contributed by atoms with Crippen molar-refractivity contribution in [3.8, 4) is 0 Å².